The Morgan fingerprint density at radius 1 is 1.36 bits per heavy atom. The summed E-state index contributed by atoms with van der Waals surface area (Å²) < 4.78 is 13.2. The molecule has 4 nitrogen and oxygen atoms in total. The number of carbonyl (C=O) groups excluding carboxylic acids is 1. The van der Waals surface area contributed by atoms with E-state index in [0.717, 1.165) is 18.4 Å². The van der Waals surface area contributed by atoms with Crippen molar-refractivity contribution >= 4 is 18.3 Å². The first-order chi connectivity index (χ1) is 9.75. The molecule has 1 aromatic carbocycles. The highest BCUT2D eigenvalue weighted by atomic mass is 35.5. The number of carbonyl (C=O) groups is 1. The highest BCUT2D eigenvalue weighted by Crippen LogP contribution is 2.51. The molecule has 2 fully saturated rings. The molecule has 0 bridgehead atoms. The van der Waals surface area contributed by atoms with E-state index in [-0.39, 0.29) is 30.2 Å². The maximum Gasteiger partial charge on any atom is 0.240 e. The van der Waals surface area contributed by atoms with Gasteiger partial charge >= 0.3 is 0 Å². The molecule has 0 unspecified atom stereocenters. The number of amides is 1. The molecule has 122 valence electrons. The predicted octanol–water partition coefficient (Wildman–Crippen LogP) is 1.94. The van der Waals surface area contributed by atoms with Crippen LogP contribution < -0.4 is 5.73 Å². The molecule has 0 saturated carbocycles. The summed E-state index contributed by atoms with van der Waals surface area (Å²) in [5, 5.41) is 10.4. The Hall–Kier alpha value is -1.17. The minimum atomic E-state index is -0.985. The fourth-order valence-corrected chi connectivity index (χ4v) is 3.95. The molecule has 0 aliphatic carbocycles. The van der Waals surface area contributed by atoms with Gasteiger partial charge in [0.05, 0.1) is 23.2 Å². The van der Waals surface area contributed by atoms with Gasteiger partial charge in [0.15, 0.2) is 0 Å². The minimum Gasteiger partial charge on any atom is -0.388 e. The number of nitrogens with two attached hydrogens (primary N) is 1. The smallest absolute Gasteiger partial charge is 0.240 e. The van der Waals surface area contributed by atoms with E-state index in [1.54, 1.807) is 30.9 Å². The zero-order valence-corrected chi connectivity index (χ0v) is 13.6. The lowest BCUT2D eigenvalue weighted by molar-refractivity contribution is -0.138. The van der Waals surface area contributed by atoms with Crippen LogP contribution in [0, 0.1) is 5.82 Å². The van der Waals surface area contributed by atoms with Gasteiger partial charge in [0.25, 0.3) is 0 Å². The maximum absolute atomic E-state index is 13.2. The lowest BCUT2D eigenvalue weighted by Crippen LogP contribution is -2.52. The summed E-state index contributed by atoms with van der Waals surface area (Å²) in [4.78, 5) is 14.3. The third-order valence-corrected chi connectivity index (χ3v) is 4.91. The average molecular weight is 329 g/mol. The van der Waals surface area contributed by atoms with E-state index < -0.39 is 17.2 Å². The summed E-state index contributed by atoms with van der Waals surface area (Å²) in [6, 6.07) is 5.45. The Balaban J connectivity index is 0.00000176. The molecule has 1 amide bonds. The number of hydrogen-bond donors (Lipinski definition) is 2. The third-order valence-electron chi connectivity index (χ3n) is 4.91. The van der Waals surface area contributed by atoms with E-state index in [1.807, 2.05) is 0 Å². The van der Waals surface area contributed by atoms with E-state index in [4.69, 9.17) is 5.73 Å². The van der Waals surface area contributed by atoms with Gasteiger partial charge in [-0.3, -0.25) is 4.79 Å². The van der Waals surface area contributed by atoms with Crippen LogP contribution >= 0.6 is 12.4 Å². The standard InChI is InChI=1S/C16H21FN2O2.ClH/c1-15(2,21)13-7-8-16(9-12(18)14(20)19(13)16)10-3-5-11(17)6-4-10;/h3-6,12-13,21H,7-9,18H2,1-2H3;1H/t12-,13+,16+;/m0./s1. The third kappa shape index (κ3) is 2.41. The van der Waals surface area contributed by atoms with Gasteiger partial charge in [0.2, 0.25) is 5.91 Å². The van der Waals surface area contributed by atoms with Crippen LogP contribution in [-0.4, -0.2) is 33.6 Å². The second-order valence-electron chi connectivity index (χ2n) is 6.77. The molecule has 0 spiro atoms. The van der Waals surface area contributed by atoms with Crippen LogP contribution in [0.15, 0.2) is 24.3 Å². The summed E-state index contributed by atoms with van der Waals surface area (Å²) in [6.45, 7) is 3.44. The second-order valence-corrected chi connectivity index (χ2v) is 6.77. The van der Waals surface area contributed by atoms with Gasteiger partial charge in [-0.15, -0.1) is 12.4 Å². The van der Waals surface area contributed by atoms with E-state index in [9.17, 15) is 14.3 Å². The van der Waals surface area contributed by atoms with Crippen molar-refractivity contribution in [1.82, 2.24) is 4.90 Å². The quantitative estimate of drug-likeness (QED) is 0.872. The monoisotopic (exact) mass is 328 g/mol. The maximum atomic E-state index is 13.2. The van der Waals surface area contributed by atoms with Crippen LogP contribution in [0.3, 0.4) is 0 Å². The average Bonchev–Trinajstić information content (AvgIpc) is 2.88. The van der Waals surface area contributed by atoms with E-state index in [2.05, 4.69) is 0 Å². The molecule has 2 heterocycles. The zero-order chi connectivity index (χ0) is 15.4. The summed E-state index contributed by atoms with van der Waals surface area (Å²) in [5.41, 5.74) is 5.39. The lowest BCUT2D eigenvalue weighted by atomic mass is 9.85. The fraction of sp³-hybridized carbons (Fsp3) is 0.562. The van der Waals surface area contributed by atoms with Crippen LogP contribution in [0.1, 0.15) is 38.7 Å². The van der Waals surface area contributed by atoms with Crippen LogP contribution in [0.2, 0.25) is 0 Å². The SMILES string of the molecule is CC(C)(O)[C@H]1CC[C@]2(c3ccc(F)cc3)C[C@H](N)C(=O)N12.Cl. The fourth-order valence-electron chi connectivity index (χ4n) is 3.95. The molecule has 2 saturated heterocycles. The molecule has 0 radical (unpaired) electrons. The molecule has 2 aliphatic heterocycles. The molecule has 22 heavy (non-hydrogen) atoms. The first-order valence-corrected chi connectivity index (χ1v) is 7.33. The van der Waals surface area contributed by atoms with Crippen LogP contribution in [0.25, 0.3) is 0 Å². The van der Waals surface area contributed by atoms with Crippen molar-refractivity contribution in [3.8, 4) is 0 Å². The van der Waals surface area contributed by atoms with Gasteiger partial charge in [-0.2, -0.15) is 0 Å². The second kappa shape index (κ2) is 5.48. The molecular weight excluding hydrogens is 307 g/mol. The van der Waals surface area contributed by atoms with Crippen LogP contribution in [0.5, 0.6) is 0 Å². The first kappa shape index (κ1) is 17.2. The van der Waals surface area contributed by atoms with Crippen LogP contribution in [0.4, 0.5) is 4.39 Å². The van der Waals surface area contributed by atoms with Crippen LogP contribution in [-0.2, 0) is 10.3 Å². The number of aliphatic hydroxyl groups is 1. The van der Waals surface area contributed by atoms with Crippen molar-refractivity contribution in [3.63, 3.8) is 0 Å². The Morgan fingerprint density at radius 2 is 1.95 bits per heavy atom. The number of halogens is 2. The van der Waals surface area contributed by atoms with Gasteiger partial charge in [-0.05, 0) is 50.8 Å². The largest absolute Gasteiger partial charge is 0.388 e. The molecule has 3 N–H and O–H groups in total. The molecule has 6 heteroatoms. The summed E-state index contributed by atoms with van der Waals surface area (Å²) in [7, 11) is 0. The highest BCUT2D eigenvalue weighted by Gasteiger charge is 2.59. The van der Waals surface area contributed by atoms with Gasteiger partial charge in [0.1, 0.15) is 5.82 Å². The highest BCUT2D eigenvalue weighted by molar-refractivity contribution is 5.86. The van der Waals surface area contributed by atoms with Crippen molar-refractivity contribution in [2.75, 3.05) is 0 Å². The minimum absolute atomic E-state index is 0. The number of rotatable bonds is 2. The normalized spacial score (nSPS) is 31.1. The summed E-state index contributed by atoms with van der Waals surface area (Å²) >= 11 is 0. The number of hydrogen-bond acceptors (Lipinski definition) is 3. The number of benzene rings is 1. The lowest BCUT2D eigenvalue weighted by Gasteiger charge is -2.39. The Kier molecular flexibility index (Phi) is 4.28. The van der Waals surface area contributed by atoms with E-state index >= 15 is 0 Å². The molecule has 2 aliphatic rings. The van der Waals surface area contributed by atoms with Gasteiger partial charge in [-0.25, -0.2) is 4.39 Å². The molecular formula is C16H22ClFN2O2. The predicted molar refractivity (Wildman–Crippen MR) is 84.1 cm³/mol. The van der Waals surface area contributed by atoms with Gasteiger partial charge in [0, 0.05) is 0 Å². The van der Waals surface area contributed by atoms with Crippen molar-refractivity contribution in [1.29, 1.82) is 0 Å². The Bertz CT molecular complexity index is 573. The van der Waals surface area contributed by atoms with E-state index in [0.29, 0.717) is 6.42 Å². The number of fused-ring (bicyclic) bond motifs is 1. The molecule has 1 aromatic rings. The first-order valence-electron chi connectivity index (χ1n) is 7.33. The molecule has 3 atom stereocenters. The van der Waals surface area contributed by atoms with Crippen molar-refractivity contribution < 1.29 is 14.3 Å². The molecule has 0 aromatic heterocycles. The summed E-state index contributed by atoms with van der Waals surface area (Å²) in [5.74, 6) is -0.420. The van der Waals surface area contributed by atoms with Crippen molar-refractivity contribution in [2.45, 2.75) is 56.3 Å². The van der Waals surface area contributed by atoms with E-state index in [1.165, 1.54) is 12.1 Å². The topological polar surface area (TPSA) is 66.6 Å². The zero-order valence-electron chi connectivity index (χ0n) is 12.8. The van der Waals surface area contributed by atoms with Crippen molar-refractivity contribution in [2.24, 2.45) is 5.73 Å². The molecule has 3 rings (SSSR count). The van der Waals surface area contributed by atoms with Gasteiger partial charge in [-0.1, -0.05) is 12.1 Å². The Morgan fingerprint density at radius 3 is 2.50 bits per heavy atom. The number of nitrogens with zero attached hydrogens (tertiary/aromatic N) is 1. The summed E-state index contributed by atoms with van der Waals surface area (Å²) in [6.07, 6.45) is 1.98. The van der Waals surface area contributed by atoms with Crippen molar-refractivity contribution in [3.05, 3.63) is 35.6 Å². The Labute approximate surface area is 135 Å². The van der Waals surface area contributed by atoms with Gasteiger partial charge < -0.3 is 15.7 Å².